The van der Waals surface area contributed by atoms with Gasteiger partial charge in [0.05, 0.1) is 12.8 Å². The predicted molar refractivity (Wildman–Crippen MR) is 136 cm³/mol. The van der Waals surface area contributed by atoms with Crippen molar-refractivity contribution in [3.63, 3.8) is 0 Å². The van der Waals surface area contributed by atoms with Gasteiger partial charge in [0.2, 0.25) is 5.91 Å². The van der Waals surface area contributed by atoms with Crippen molar-refractivity contribution in [3.05, 3.63) is 95.4 Å². The van der Waals surface area contributed by atoms with E-state index in [2.05, 4.69) is 32.9 Å². The van der Waals surface area contributed by atoms with Crippen molar-refractivity contribution in [2.45, 2.75) is 52.5 Å². The molecule has 0 bridgehead atoms. The first kappa shape index (κ1) is 25.3. The summed E-state index contributed by atoms with van der Waals surface area (Å²) in [5.74, 6) is 0.532. The highest BCUT2D eigenvalue weighted by molar-refractivity contribution is 5.96. The molecule has 3 aromatic rings. The van der Waals surface area contributed by atoms with Crippen LogP contribution in [0.5, 0.6) is 0 Å². The number of rotatable bonds is 10. The van der Waals surface area contributed by atoms with Crippen molar-refractivity contribution in [2.75, 3.05) is 19.6 Å². The molecule has 0 unspecified atom stereocenters. The van der Waals surface area contributed by atoms with Crippen molar-refractivity contribution in [2.24, 2.45) is 0 Å². The Hall–Kier alpha value is -3.34. The number of amides is 2. The van der Waals surface area contributed by atoms with Crippen molar-refractivity contribution >= 4 is 11.8 Å². The lowest BCUT2D eigenvalue weighted by atomic mass is 9.86. The molecule has 5 heteroatoms. The van der Waals surface area contributed by atoms with Gasteiger partial charge in [-0.25, -0.2) is 0 Å². The van der Waals surface area contributed by atoms with Crippen LogP contribution < -0.4 is 0 Å². The van der Waals surface area contributed by atoms with Crippen LogP contribution in [0.2, 0.25) is 0 Å². The Morgan fingerprint density at radius 3 is 2.15 bits per heavy atom. The molecule has 0 aliphatic heterocycles. The van der Waals surface area contributed by atoms with Gasteiger partial charge in [0.25, 0.3) is 5.91 Å². The Balaban J connectivity index is 1.73. The Bertz CT molecular complexity index is 1040. The molecule has 2 amide bonds. The smallest absolute Gasteiger partial charge is 0.254 e. The van der Waals surface area contributed by atoms with E-state index in [9.17, 15) is 9.59 Å². The normalized spacial score (nSPS) is 11.3. The fourth-order valence-electron chi connectivity index (χ4n) is 3.87. The lowest BCUT2D eigenvalue weighted by Crippen LogP contribution is -2.43. The van der Waals surface area contributed by atoms with E-state index in [1.165, 1.54) is 11.1 Å². The molecule has 0 fully saturated rings. The molecular formula is C29H36N2O3. The standard InChI is InChI=1S/C29H36N2O3/c1-5-18-31(28(33)24-13-15-25(16-14-24)29(2,3)4)22-27(32)30(21-26-12-9-20-34-26)19-17-23-10-7-6-8-11-23/h6-16,20H,5,17-19,21-22H2,1-4H3. The van der Waals surface area contributed by atoms with Gasteiger partial charge in [-0.05, 0) is 53.6 Å². The van der Waals surface area contributed by atoms with E-state index in [0.29, 0.717) is 25.2 Å². The van der Waals surface area contributed by atoms with E-state index in [0.717, 1.165) is 18.6 Å². The van der Waals surface area contributed by atoms with Gasteiger partial charge in [-0.2, -0.15) is 0 Å². The van der Waals surface area contributed by atoms with Gasteiger partial charge in [-0.3, -0.25) is 9.59 Å². The van der Waals surface area contributed by atoms with Gasteiger partial charge in [-0.15, -0.1) is 0 Å². The van der Waals surface area contributed by atoms with Gasteiger partial charge >= 0.3 is 0 Å². The highest BCUT2D eigenvalue weighted by atomic mass is 16.3. The molecule has 0 aliphatic rings. The Labute approximate surface area is 203 Å². The highest BCUT2D eigenvalue weighted by Crippen LogP contribution is 2.22. The lowest BCUT2D eigenvalue weighted by Gasteiger charge is -2.27. The lowest BCUT2D eigenvalue weighted by molar-refractivity contribution is -0.132. The second-order valence-electron chi connectivity index (χ2n) is 9.68. The zero-order valence-corrected chi connectivity index (χ0v) is 20.8. The number of furan rings is 1. The average molecular weight is 461 g/mol. The molecule has 34 heavy (non-hydrogen) atoms. The molecule has 1 heterocycles. The Morgan fingerprint density at radius 1 is 0.853 bits per heavy atom. The van der Waals surface area contributed by atoms with Crippen LogP contribution in [-0.4, -0.2) is 41.2 Å². The highest BCUT2D eigenvalue weighted by Gasteiger charge is 2.23. The summed E-state index contributed by atoms with van der Waals surface area (Å²) in [4.78, 5) is 30.1. The van der Waals surface area contributed by atoms with Gasteiger partial charge in [0, 0.05) is 18.7 Å². The molecule has 0 saturated carbocycles. The summed E-state index contributed by atoms with van der Waals surface area (Å²) in [7, 11) is 0. The maximum Gasteiger partial charge on any atom is 0.254 e. The maximum absolute atomic E-state index is 13.4. The molecule has 0 atom stereocenters. The summed E-state index contributed by atoms with van der Waals surface area (Å²) >= 11 is 0. The van der Waals surface area contributed by atoms with Crippen LogP contribution in [0.1, 0.15) is 61.4 Å². The van der Waals surface area contributed by atoms with Gasteiger partial charge in [-0.1, -0.05) is 70.2 Å². The summed E-state index contributed by atoms with van der Waals surface area (Å²) in [5.41, 5.74) is 2.97. The van der Waals surface area contributed by atoms with Crippen LogP contribution in [0.25, 0.3) is 0 Å². The minimum atomic E-state index is -0.114. The van der Waals surface area contributed by atoms with Crippen LogP contribution in [0.3, 0.4) is 0 Å². The van der Waals surface area contributed by atoms with Gasteiger partial charge < -0.3 is 14.2 Å². The minimum Gasteiger partial charge on any atom is -0.467 e. The SMILES string of the molecule is CCCN(CC(=O)N(CCc1ccccc1)Cc1ccco1)C(=O)c1ccc(C(C)(C)C)cc1. The summed E-state index contributed by atoms with van der Waals surface area (Å²) in [6, 6.07) is 21.5. The molecular weight excluding hydrogens is 424 g/mol. The van der Waals surface area contributed by atoms with Crippen molar-refractivity contribution in [1.82, 2.24) is 9.80 Å². The second kappa shape index (κ2) is 11.7. The van der Waals surface area contributed by atoms with E-state index in [-0.39, 0.29) is 23.8 Å². The van der Waals surface area contributed by atoms with E-state index < -0.39 is 0 Å². The maximum atomic E-state index is 13.4. The quantitative estimate of drug-likeness (QED) is 0.390. The van der Waals surface area contributed by atoms with Crippen LogP contribution in [-0.2, 0) is 23.2 Å². The zero-order chi connectivity index (χ0) is 24.6. The molecule has 0 saturated heterocycles. The van der Waals surface area contributed by atoms with Crippen LogP contribution in [0, 0.1) is 0 Å². The number of nitrogens with zero attached hydrogens (tertiary/aromatic N) is 2. The minimum absolute atomic E-state index is 0.0196. The Morgan fingerprint density at radius 2 is 1.56 bits per heavy atom. The van der Waals surface area contributed by atoms with Gasteiger partial charge in [0.15, 0.2) is 0 Å². The third-order valence-electron chi connectivity index (χ3n) is 5.90. The number of carbonyl (C=O) groups is 2. The number of benzene rings is 2. The molecule has 0 aliphatic carbocycles. The van der Waals surface area contributed by atoms with Crippen LogP contribution in [0.4, 0.5) is 0 Å². The van der Waals surface area contributed by atoms with E-state index in [1.807, 2.05) is 61.5 Å². The fraction of sp³-hybridized carbons (Fsp3) is 0.379. The van der Waals surface area contributed by atoms with E-state index in [4.69, 9.17) is 4.42 Å². The topological polar surface area (TPSA) is 53.8 Å². The third kappa shape index (κ3) is 7.08. The molecule has 5 nitrogen and oxygen atoms in total. The molecule has 1 aromatic heterocycles. The van der Waals surface area contributed by atoms with Gasteiger partial charge in [0.1, 0.15) is 12.3 Å². The largest absolute Gasteiger partial charge is 0.467 e. The summed E-state index contributed by atoms with van der Waals surface area (Å²) in [5, 5.41) is 0. The fourth-order valence-corrected chi connectivity index (χ4v) is 3.87. The number of hydrogen-bond donors (Lipinski definition) is 0. The van der Waals surface area contributed by atoms with Crippen molar-refractivity contribution in [3.8, 4) is 0 Å². The summed E-state index contributed by atoms with van der Waals surface area (Å²) < 4.78 is 5.50. The number of carbonyl (C=O) groups excluding carboxylic acids is 2. The summed E-state index contributed by atoms with van der Waals surface area (Å²) in [6.07, 6.45) is 3.13. The summed E-state index contributed by atoms with van der Waals surface area (Å²) in [6.45, 7) is 9.97. The third-order valence-corrected chi connectivity index (χ3v) is 5.90. The van der Waals surface area contributed by atoms with Crippen LogP contribution in [0.15, 0.2) is 77.4 Å². The monoisotopic (exact) mass is 460 g/mol. The van der Waals surface area contributed by atoms with Crippen LogP contribution >= 0.6 is 0 Å². The first-order valence-corrected chi connectivity index (χ1v) is 12.0. The van der Waals surface area contributed by atoms with E-state index in [1.54, 1.807) is 16.1 Å². The van der Waals surface area contributed by atoms with Crippen molar-refractivity contribution in [1.29, 1.82) is 0 Å². The van der Waals surface area contributed by atoms with E-state index >= 15 is 0 Å². The molecule has 180 valence electrons. The first-order valence-electron chi connectivity index (χ1n) is 12.0. The average Bonchev–Trinajstić information content (AvgIpc) is 3.34. The molecule has 0 radical (unpaired) electrons. The van der Waals surface area contributed by atoms with Crippen molar-refractivity contribution < 1.29 is 14.0 Å². The Kier molecular flexibility index (Phi) is 8.69. The first-order chi connectivity index (χ1) is 16.3. The molecule has 2 aromatic carbocycles. The molecule has 0 spiro atoms. The number of hydrogen-bond acceptors (Lipinski definition) is 3. The second-order valence-corrected chi connectivity index (χ2v) is 9.68. The zero-order valence-electron chi connectivity index (χ0n) is 20.8. The predicted octanol–water partition coefficient (Wildman–Crippen LogP) is 5.70. The molecule has 3 rings (SSSR count). The molecule has 0 N–H and O–H groups in total.